The minimum Gasteiger partial charge on any atom is -0.503 e. The highest BCUT2D eigenvalue weighted by atomic mass is 35.5. The zero-order chi connectivity index (χ0) is 18.4. The summed E-state index contributed by atoms with van der Waals surface area (Å²) in [4.78, 5) is 12.1. The second-order valence-electron chi connectivity index (χ2n) is 5.87. The van der Waals surface area contributed by atoms with E-state index in [1.54, 1.807) is 12.1 Å². The Morgan fingerprint density at radius 2 is 1.68 bits per heavy atom. The van der Waals surface area contributed by atoms with Crippen molar-refractivity contribution in [2.75, 3.05) is 14.2 Å². The maximum absolute atomic E-state index is 12.1. The van der Waals surface area contributed by atoms with Gasteiger partial charge in [0.25, 0.3) is 0 Å². The van der Waals surface area contributed by atoms with Crippen molar-refractivity contribution in [2.24, 2.45) is 0 Å². The average Bonchev–Trinajstić information content (AvgIpc) is 2.60. The van der Waals surface area contributed by atoms with Crippen LogP contribution in [0.2, 0.25) is 5.02 Å². The first-order chi connectivity index (χ1) is 11.9. The van der Waals surface area contributed by atoms with E-state index in [9.17, 15) is 4.79 Å². The topological polar surface area (TPSA) is 44.8 Å². The van der Waals surface area contributed by atoms with Gasteiger partial charge in [-0.2, -0.15) is 0 Å². The molecular weight excluding hydrogens is 340 g/mol. The molecule has 5 heteroatoms. The summed E-state index contributed by atoms with van der Waals surface area (Å²) >= 11 is 5.96. The number of hydrogen-bond donors (Lipinski definition) is 0. The standard InChI is InChI=1S/C20H21ClO4/c1-20(2,14-9-11-15(21)12-10-14)25-18-8-6-5-7-16(18)17(13-23-3)19(22)24-4/h5-13H,1-4H3. The first kappa shape index (κ1) is 18.9. The number of hydrogen-bond acceptors (Lipinski definition) is 4. The first-order valence-corrected chi connectivity index (χ1v) is 8.12. The van der Waals surface area contributed by atoms with E-state index in [-0.39, 0.29) is 5.57 Å². The van der Waals surface area contributed by atoms with Crippen LogP contribution in [0.3, 0.4) is 0 Å². The number of carbonyl (C=O) groups is 1. The van der Waals surface area contributed by atoms with E-state index in [2.05, 4.69) is 0 Å². The predicted molar refractivity (Wildman–Crippen MR) is 98.6 cm³/mol. The van der Waals surface area contributed by atoms with Crippen molar-refractivity contribution in [2.45, 2.75) is 19.4 Å². The van der Waals surface area contributed by atoms with Gasteiger partial charge in [0.1, 0.15) is 16.9 Å². The summed E-state index contributed by atoms with van der Waals surface area (Å²) < 4.78 is 16.1. The predicted octanol–water partition coefficient (Wildman–Crippen LogP) is 4.81. The molecule has 2 aromatic rings. The molecule has 0 unspecified atom stereocenters. The molecule has 0 bridgehead atoms. The van der Waals surface area contributed by atoms with Gasteiger partial charge in [0, 0.05) is 10.6 Å². The van der Waals surface area contributed by atoms with Gasteiger partial charge in [-0.3, -0.25) is 0 Å². The normalized spacial score (nSPS) is 11.8. The third kappa shape index (κ3) is 4.54. The maximum atomic E-state index is 12.1. The molecule has 0 fully saturated rings. The van der Waals surface area contributed by atoms with Crippen LogP contribution in [0.15, 0.2) is 54.8 Å². The molecule has 0 N–H and O–H groups in total. The Morgan fingerprint density at radius 1 is 1.04 bits per heavy atom. The number of halogens is 1. The van der Waals surface area contributed by atoms with Gasteiger partial charge in [0.2, 0.25) is 0 Å². The van der Waals surface area contributed by atoms with Crippen molar-refractivity contribution < 1.29 is 19.0 Å². The third-order valence-electron chi connectivity index (χ3n) is 3.72. The van der Waals surface area contributed by atoms with Crippen LogP contribution in [-0.4, -0.2) is 20.2 Å². The molecule has 0 saturated carbocycles. The molecule has 0 aliphatic rings. The highest BCUT2D eigenvalue weighted by Crippen LogP contribution is 2.34. The summed E-state index contributed by atoms with van der Waals surface area (Å²) in [5.74, 6) is 0.0540. The van der Waals surface area contributed by atoms with Crippen LogP contribution < -0.4 is 4.74 Å². The molecule has 0 aromatic heterocycles. The van der Waals surface area contributed by atoms with Crippen molar-refractivity contribution in [3.8, 4) is 5.75 Å². The Labute approximate surface area is 153 Å². The number of carbonyl (C=O) groups excluding carboxylic acids is 1. The number of rotatable bonds is 6. The zero-order valence-electron chi connectivity index (χ0n) is 14.7. The molecule has 0 heterocycles. The Kier molecular flexibility index (Phi) is 6.10. The molecule has 25 heavy (non-hydrogen) atoms. The molecule has 0 amide bonds. The van der Waals surface area contributed by atoms with Crippen LogP contribution >= 0.6 is 11.6 Å². The maximum Gasteiger partial charge on any atom is 0.341 e. The lowest BCUT2D eigenvalue weighted by molar-refractivity contribution is -0.133. The Hall–Kier alpha value is -2.46. The van der Waals surface area contributed by atoms with E-state index in [0.717, 1.165) is 5.56 Å². The molecule has 0 saturated heterocycles. The van der Waals surface area contributed by atoms with Crippen molar-refractivity contribution >= 4 is 23.1 Å². The molecule has 2 rings (SSSR count). The fraction of sp³-hybridized carbons (Fsp3) is 0.250. The smallest absolute Gasteiger partial charge is 0.341 e. The second-order valence-corrected chi connectivity index (χ2v) is 6.31. The number of ether oxygens (including phenoxy) is 3. The summed E-state index contributed by atoms with van der Waals surface area (Å²) in [5.41, 5.74) is 1.21. The van der Waals surface area contributed by atoms with E-state index >= 15 is 0 Å². The quantitative estimate of drug-likeness (QED) is 0.421. The molecule has 132 valence electrons. The molecule has 4 nitrogen and oxygen atoms in total. The van der Waals surface area contributed by atoms with Crippen LogP contribution in [0, 0.1) is 0 Å². The van der Waals surface area contributed by atoms with Crippen molar-refractivity contribution in [1.29, 1.82) is 0 Å². The summed E-state index contributed by atoms with van der Waals surface area (Å²) in [5, 5.41) is 0.663. The Morgan fingerprint density at radius 3 is 2.28 bits per heavy atom. The Bertz CT molecular complexity index is 764. The molecule has 0 aliphatic carbocycles. The van der Waals surface area contributed by atoms with Crippen LogP contribution in [0.25, 0.3) is 5.57 Å². The lowest BCUT2D eigenvalue weighted by Gasteiger charge is -2.28. The van der Waals surface area contributed by atoms with E-state index in [4.69, 9.17) is 25.8 Å². The van der Waals surface area contributed by atoms with Crippen LogP contribution in [0.5, 0.6) is 5.75 Å². The first-order valence-electron chi connectivity index (χ1n) is 7.75. The molecule has 0 spiro atoms. The number of para-hydroxylation sites is 1. The second kappa shape index (κ2) is 8.08. The molecule has 0 aliphatic heterocycles. The van der Waals surface area contributed by atoms with Gasteiger partial charge in [-0.25, -0.2) is 4.79 Å². The number of benzene rings is 2. The summed E-state index contributed by atoms with van der Waals surface area (Å²) in [6.07, 6.45) is 1.35. The van der Waals surface area contributed by atoms with Crippen molar-refractivity contribution in [3.63, 3.8) is 0 Å². The molecule has 0 atom stereocenters. The van der Waals surface area contributed by atoms with Gasteiger partial charge in [-0.15, -0.1) is 0 Å². The van der Waals surface area contributed by atoms with E-state index in [1.807, 2.05) is 50.2 Å². The minimum atomic E-state index is -0.630. The number of methoxy groups -OCH3 is 2. The third-order valence-corrected chi connectivity index (χ3v) is 3.97. The number of esters is 1. The van der Waals surface area contributed by atoms with Crippen LogP contribution in [-0.2, 0) is 19.9 Å². The van der Waals surface area contributed by atoms with E-state index in [0.29, 0.717) is 16.3 Å². The lowest BCUT2D eigenvalue weighted by atomic mass is 9.97. The molecular formula is C20H21ClO4. The van der Waals surface area contributed by atoms with Gasteiger partial charge in [-0.1, -0.05) is 41.9 Å². The Balaban J connectivity index is 2.42. The molecule has 2 aromatic carbocycles. The monoisotopic (exact) mass is 360 g/mol. The fourth-order valence-corrected chi connectivity index (χ4v) is 2.54. The van der Waals surface area contributed by atoms with Crippen molar-refractivity contribution in [3.05, 3.63) is 70.9 Å². The minimum absolute atomic E-state index is 0.285. The van der Waals surface area contributed by atoms with Gasteiger partial charge in [0.15, 0.2) is 0 Å². The summed E-state index contributed by atoms with van der Waals surface area (Å²) in [7, 11) is 2.80. The fourth-order valence-electron chi connectivity index (χ4n) is 2.41. The average molecular weight is 361 g/mol. The summed E-state index contributed by atoms with van der Waals surface area (Å²) in [6.45, 7) is 3.90. The lowest BCUT2D eigenvalue weighted by Crippen LogP contribution is -2.26. The highest BCUT2D eigenvalue weighted by Gasteiger charge is 2.26. The van der Waals surface area contributed by atoms with E-state index in [1.165, 1.54) is 20.5 Å². The van der Waals surface area contributed by atoms with Crippen molar-refractivity contribution in [1.82, 2.24) is 0 Å². The molecule has 0 radical (unpaired) electrons. The van der Waals surface area contributed by atoms with Gasteiger partial charge in [-0.05, 0) is 37.6 Å². The largest absolute Gasteiger partial charge is 0.503 e. The SMILES string of the molecule is COC=C(C(=O)OC)c1ccccc1OC(C)(C)c1ccc(Cl)cc1. The van der Waals surface area contributed by atoms with Gasteiger partial charge in [0.05, 0.1) is 20.5 Å². The van der Waals surface area contributed by atoms with Gasteiger partial charge >= 0.3 is 5.97 Å². The summed E-state index contributed by atoms with van der Waals surface area (Å²) in [6, 6.07) is 14.7. The van der Waals surface area contributed by atoms with Gasteiger partial charge < -0.3 is 14.2 Å². The van der Waals surface area contributed by atoms with Crippen LogP contribution in [0.1, 0.15) is 25.0 Å². The highest BCUT2D eigenvalue weighted by molar-refractivity contribution is 6.30. The van der Waals surface area contributed by atoms with E-state index < -0.39 is 11.6 Å². The zero-order valence-corrected chi connectivity index (χ0v) is 15.5. The van der Waals surface area contributed by atoms with Crippen LogP contribution in [0.4, 0.5) is 0 Å².